The highest BCUT2D eigenvalue weighted by molar-refractivity contribution is 7.71. The third-order valence-electron chi connectivity index (χ3n) is 3.02. The molecule has 3 aromatic heterocycles. The van der Waals surface area contributed by atoms with E-state index in [1.807, 2.05) is 13.8 Å². The molecule has 3 aromatic rings. The van der Waals surface area contributed by atoms with Crippen LogP contribution in [0.1, 0.15) is 16.3 Å². The number of aromatic amines is 1. The first kappa shape index (κ1) is 12.2. The summed E-state index contributed by atoms with van der Waals surface area (Å²) in [6.45, 7) is 4.12. The zero-order chi connectivity index (χ0) is 13.6. The average Bonchev–Trinajstić information content (AvgIpc) is 2.95. The Morgan fingerprint density at radius 1 is 1.53 bits per heavy atom. The molecule has 0 atom stereocenters. The van der Waals surface area contributed by atoms with Crippen molar-refractivity contribution in [3.63, 3.8) is 0 Å². The van der Waals surface area contributed by atoms with Crippen molar-refractivity contribution in [2.75, 3.05) is 0 Å². The maximum Gasteiger partial charge on any atom is 0.263 e. The molecule has 19 heavy (non-hydrogen) atoms. The van der Waals surface area contributed by atoms with Gasteiger partial charge in [0.05, 0.1) is 11.9 Å². The molecular formula is C11H10N4O2S2. The highest BCUT2D eigenvalue weighted by atomic mass is 32.1. The van der Waals surface area contributed by atoms with Crippen LogP contribution in [0.25, 0.3) is 10.2 Å². The molecular weight excluding hydrogens is 284 g/mol. The largest absolute Gasteiger partial charge is 0.343 e. The van der Waals surface area contributed by atoms with E-state index in [1.54, 1.807) is 0 Å². The van der Waals surface area contributed by atoms with Gasteiger partial charge in [-0.2, -0.15) is 4.98 Å². The molecule has 0 saturated heterocycles. The molecule has 0 fully saturated rings. The second kappa shape index (κ2) is 4.39. The summed E-state index contributed by atoms with van der Waals surface area (Å²) in [5.41, 5.74) is 0.864. The Balaban J connectivity index is 2.28. The summed E-state index contributed by atoms with van der Waals surface area (Å²) in [5.74, 6) is 0.422. The van der Waals surface area contributed by atoms with Crippen molar-refractivity contribution in [3.05, 3.63) is 37.8 Å². The SMILES string of the molecule is Cc1sc2[nH]c(=S)n(Cc3ncon3)c(=O)c2c1C. The van der Waals surface area contributed by atoms with E-state index in [1.165, 1.54) is 22.3 Å². The Morgan fingerprint density at radius 3 is 3.00 bits per heavy atom. The first-order valence-electron chi connectivity index (χ1n) is 5.56. The van der Waals surface area contributed by atoms with Crippen LogP contribution in [-0.4, -0.2) is 19.7 Å². The van der Waals surface area contributed by atoms with Crippen LogP contribution in [0.4, 0.5) is 0 Å². The van der Waals surface area contributed by atoms with E-state index in [0.29, 0.717) is 16.0 Å². The zero-order valence-corrected chi connectivity index (χ0v) is 11.9. The van der Waals surface area contributed by atoms with Crippen LogP contribution in [-0.2, 0) is 6.54 Å². The molecule has 0 aliphatic heterocycles. The molecule has 3 rings (SSSR count). The number of thiophene rings is 1. The fourth-order valence-electron chi connectivity index (χ4n) is 1.91. The zero-order valence-electron chi connectivity index (χ0n) is 10.3. The minimum Gasteiger partial charge on any atom is -0.343 e. The van der Waals surface area contributed by atoms with E-state index >= 15 is 0 Å². The summed E-state index contributed by atoms with van der Waals surface area (Å²) < 4.78 is 6.47. The summed E-state index contributed by atoms with van der Waals surface area (Å²) >= 11 is 6.76. The maximum absolute atomic E-state index is 12.5. The van der Waals surface area contributed by atoms with Crippen molar-refractivity contribution < 1.29 is 4.52 Å². The Bertz CT molecular complexity index is 857. The summed E-state index contributed by atoms with van der Waals surface area (Å²) in [7, 11) is 0. The number of nitrogens with zero attached hydrogens (tertiary/aromatic N) is 3. The number of H-pyrrole nitrogens is 1. The van der Waals surface area contributed by atoms with E-state index in [2.05, 4.69) is 19.6 Å². The molecule has 0 aliphatic rings. The Morgan fingerprint density at radius 2 is 2.32 bits per heavy atom. The van der Waals surface area contributed by atoms with E-state index in [-0.39, 0.29) is 12.1 Å². The molecule has 1 N–H and O–H groups in total. The van der Waals surface area contributed by atoms with Crippen molar-refractivity contribution in [2.24, 2.45) is 0 Å². The van der Waals surface area contributed by atoms with Gasteiger partial charge in [-0.3, -0.25) is 9.36 Å². The summed E-state index contributed by atoms with van der Waals surface area (Å²) in [6.07, 6.45) is 1.23. The van der Waals surface area contributed by atoms with Crippen LogP contribution in [0, 0.1) is 18.6 Å². The van der Waals surface area contributed by atoms with Crippen molar-refractivity contribution in [2.45, 2.75) is 20.4 Å². The third kappa shape index (κ3) is 1.92. The van der Waals surface area contributed by atoms with Gasteiger partial charge in [-0.05, 0) is 31.6 Å². The number of rotatable bonds is 2. The molecule has 98 valence electrons. The highest BCUT2D eigenvalue weighted by Gasteiger charge is 2.13. The second-order valence-corrected chi connectivity index (χ2v) is 5.77. The topological polar surface area (TPSA) is 76.7 Å². The number of aromatic nitrogens is 4. The fraction of sp³-hybridized carbons (Fsp3) is 0.273. The van der Waals surface area contributed by atoms with Gasteiger partial charge in [-0.25, -0.2) is 0 Å². The van der Waals surface area contributed by atoms with E-state index < -0.39 is 0 Å². The van der Waals surface area contributed by atoms with E-state index in [9.17, 15) is 4.79 Å². The molecule has 0 amide bonds. The minimum absolute atomic E-state index is 0.120. The van der Waals surface area contributed by atoms with Crippen LogP contribution in [0.2, 0.25) is 0 Å². The monoisotopic (exact) mass is 294 g/mol. The predicted octanol–water partition coefficient (Wildman–Crippen LogP) is 2.17. The number of fused-ring (bicyclic) bond motifs is 1. The van der Waals surface area contributed by atoms with Gasteiger partial charge in [0.15, 0.2) is 10.6 Å². The summed E-state index contributed by atoms with van der Waals surface area (Å²) in [5, 5.41) is 4.38. The van der Waals surface area contributed by atoms with Gasteiger partial charge in [0.25, 0.3) is 5.56 Å². The van der Waals surface area contributed by atoms with Gasteiger partial charge >= 0.3 is 0 Å². The smallest absolute Gasteiger partial charge is 0.263 e. The van der Waals surface area contributed by atoms with Crippen LogP contribution < -0.4 is 5.56 Å². The van der Waals surface area contributed by atoms with Gasteiger partial charge in [0.1, 0.15) is 4.83 Å². The lowest BCUT2D eigenvalue weighted by molar-refractivity contribution is 0.407. The lowest BCUT2D eigenvalue weighted by Gasteiger charge is -2.03. The standard InChI is InChI=1S/C11H10N4O2S2/c1-5-6(2)19-9-8(5)10(16)15(11(18)13-9)3-7-12-4-17-14-7/h4H,3H2,1-2H3,(H,13,18). The number of nitrogens with one attached hydrogen (secondary N) is 1. The summed E-state index contributed by atoms with van der Waals surface area (Å²) in [6, 6.07) is 0. The number of hydrogen-bond acceptors (Lipinski definition) is 6. The molecule has 8 heteroatoms. The maximum atomic E-state index is 12.5. The molecule has 0 bridgehead atoms. The molecule has 0 unspecified atom stereocenters. The van der Waals surface area contributed by atoms with Gasteiger partial charge in [0.2, 0.25) is 6.39 Å². The van der Waals surface area contributed by atoms with E-state index in [4.69, 9.17) is 12.2 Å². The van der Waals surface area contributed by atoms with Crippen molar-refractivity contribution >= 4 is 33.8 Å². The van der Waals surface area contributed by atoms with Gasteiger partial charge < -0.3 is 9.51 Å². The number of aryl methyl sites for hydroxylation is 2. The summed E-state index contributed by atoms with van der Waals surface area (Å²) in [4.78, 5) is 21.4. The normalized spacial score (nSPS) is 11.3. The molecule has 3 heterocycles. The minimum atomic E-state index is -0.120. The van der Waals surface area contributed by atoms with Crippen LogP contribution in [0.3, 0.4) is 0 Å². The van der Waals surface area contributed by atoms with Crippen LogP contribution in [0.15, 0.2) is 15.7 Å². The Labute approximate surface area is 116 Å². The fourth-order valence-corrected chi connectivity index (χ4v) is 3.28. The molecule has 0 aliphatic carbocycles. The molecule has 0 spiro atoms. The molecule has 0 radical (unpaired) electrons. The van der Waals surface area contributed by atoms with Crippen LogP contribution in [0.5, 0.6) is 0 Å². The van der Waals surface area contributed by atoms with Crippen LogP contribution >= 0.6 is 23.6 Å². The van der Waals surface area contributed by atoms with Crippen molar-refractivity contribution in [1.29, 1.82) is 0 Å². The highest BCUT2D eigenvalue weighted by Crippen LogP contribution is 2.25. The first-order valence-corrected chi connectivity index (χ1v) is 6.78. The predicted molar refractivity (Wildman–Crippen MR) is 74.1 cm³/mol. The van der Waals surface area contributed by atoms with E-state index in [0.717, 1.165) is 15.3 Å². The van der Waals surface area contributed by atoms with Crippen molar-refractivity contribution in [3.8, 4) is 0 Å². The van der Waals surface area contributed by atoms with Gasteiger partial charge in [-0.1, -0.05) is 5.16 Å². The van der Waals surface area contributed by atoms with Gasteiger partial charge in [-0.15, -0.1) is 11.3 Å². The Hall–Kier alpha value is -1.80. The quantitative estimate of drug-likeness (QED) is 0.733. The first-order chi connectivity index (χ1) is 9.08. The second-order valence-electron chi connectivity index (χ2n) is 4.16. The molecule has 0 aromatic carbocycles. The van der Waals surface area contributed by atoms with Crippen molar-refractivity contribution in [1.82, 2.24) is 19.7 Å². The lowest BCUT2D eigenvalue weighted by Crippen LogP contribution is -2.23. The third-order valence-corrected chi connectivity index (χ3v) is 4.46. The number of hydrogen-bond donors (Lipinski definition) is 1. The Kier molecular flexibility index (Phi) is 2.83. The molecule has 6 nitrogen and oxygen atoms in total. The van der Waals surface area contributed by atoms with Gasteiger partial charge in [0, 0.05) is 4.88 Å². The lowest BCUT2D eigenvalue weighted by atomic mass is 10.2. The average molecular weight is 294 g/mol. The molecule has 0 saturated carbocycles.